The van der Waals surface area contributed by atoms with Crippen LogP contribution in [0.15, 0.2) is 48.5 Å². The van der Waals surface area contributed by atoms with Gasteiger partial charge in [0.25, 0.3) is 5.91 Å². The highest BCUT2D eigenvalue weighted by atomic mass is 31.2. The number of hydrogen-bond donors (Lipinski definition) is 1. The summed E-state index contributed by atoms with van der Waals surface area (Å²) in [7, 11) is 0.754. The molecule has 1 N–H and O–H groups in total. The zero-order valence-electron chi connectivity index (χ0n) is 17.0. The zero-order chi connectivity index (χ0) is 21.4. The highest BCUT2D eigenvalue weighted by molar-refractivity contribution is 7.52. The summed E-state index contributed by atoms with van der Waals surface area (Å²) < 4.78 is 26.9. The van der Waals surface area contributed by atoms with E-state index in [9.17, 15) is 14.2 Å². The van der Waals surface area contributed by atoms with Gasteiger partial charge in [0.05, 0.1) is 13.3 Å². The van der Waals surface area contributed by atoms with Crippen molar-refractivity contribution in [3.8, 4) is 0 Å². The first kappa shape index (κ1) is 22.8. The largest absolute Gasteiger partial charge is 0.467 e. The van der Waals surface area contributed by atoms with Gasteiger partial charge in [0.15, 0.2) is 0 Å². The summed E-state index contributed by atoms with van der Waals surface area (Å²) in [5.41, 5.74) is 3.10. The molecule has 2 rings (SSSR count). The molecular weight excluding hydrogens is 393 g/mol. The summed E-state index contributed by atoms with van der Waals surface area (Å²) in [6, 6.07) is 13.5. The Hall–Kier alpha value is -2.47. The summed E-state index contributed by atoms with van der Waals surface area (Å²) in [4.78, 5) is 24.7. The predicted molar refractivity (Wildman–Crippen MR) is 110 cm³/mol. The van der Waals surface area contributed by atoms with Gasteiger partial charge in [0.1, 0.15) is 6.04 Å². The highest BCUT2D eigenvalue weighted by Crippen LogP contribution is 2.49. The van der Waals surface area contributed by atoms with E-state index in [2.05, 4.69) is 5.32 Å². The second-order valence-corrected chi connectivity index (χ2v) is 8.84. The van der Waals surface area contributed by atoms with Crippen molar-refractivity contribution in [3.05, 3.63) is 70.8 Å². The maximum Gasteiger partial charge on any atom is 0.334 e. The Bertz CT molecular complexity index is 871. The highest BCUT2D eigenvalue weighted by Gasteiger charge is 2.24. The average Bonchev–Trinajstić information content (AvgIpc) is 2.74. The third kappa shape index (κ3) is 6.53. The van der Waals surface area contributed by atoms with E-state index in [0.29, 0.717) is 17.5 Å². The molecule has 156 valence electrons. The number of nitrogens with one attached hydrogen (secondary N) is 1. The van der Waals surface area contributed by atoms with E-state index in [0.717, 1.165) is 11.1 Å². The second-order valence-electron chi connectivity index (χ2n) is 6.57. The lowest BCUT2D eigenvalue weighted by molar-refractivity contribution is -0.142. The minimum absolute atomic E-state index is 0.0973. The summed E-state index contributed by atoms with van der Waals surface area (Å²) in [6.07, 6.45) is 0.418. The molecule has 0 aromatic heterocycles. The molecular formula is C21H26NO6P. The van der Waals surface area contributed by atoms with Gasteiger partial charge in [0, 0.05) is 26.2 Å². The van der Waals surface area contributed by atoms with E-state index in [1.54, 1.807) is 24.3 Å². The molecule has 0 fully saturated rings. The van der Waals surface area contributed by atoms with Gasteiger partial charge < -0.3 is 19.1 Å². The van der Waals surface area contributed by atoms with Crippen LogP contribution in [-0.4, -0.2) is 39.2 Å². The number of methoxy groups -OCH3 is 1. The van der Waals surface area contributed by atoms with Gasteiger partial charge in [-0.25, -0.2) is 4.79 Å². The van der Waals surface area contributed by atoms with E-state index >= 15 is 0 Å². The molecule has 0 aliphatic carbocycles. The van der Waals surface area contributed by atoms with Crippen LogP contribution in [0.4, 0.5) is 0 Å². The molecule has 0 spiro atoms. The van der Waals surface area contributed by atoms with Crippen molar-refractivity contribution in [2.45, 2.75) is 25.5 Å². The molecule has 0 aliphatic heterocycles. The van der Waals surface area contributed by atoms with Gasteiger partial charge in [-0.05, 0) is 30.2 Å². The Morgan fingerprint density at radius 1 is 0.931 bits per heavy atom. The molecule has 0 unspecified atom stereocenters. The number of carbonyl (C=O) groups is 2. The fourth-order valence-corrected chi connectivity index (χ4v) is 3.79. The smallest absolute Gasteiger partial charge is 0.334 e. The molecule has 7 nitrogen and oxygen atoms in total. The van der Waals surface area contributed by atoms with Crippen molar-refractivity contribution in [1.82, 2.24) is 5.32 Å². The monoisotopic (exact) mass is 419 g/mol. The van der Waals surface area contributed by atoms with Gasteiger partial charge in [-0.2, -0.15) is 0 Å². The van der Waals surface area contributed by atoms with Crippen LogP contribution < -0.4 is 5.32 Å². The molecule has 0 aliphatic rings. The summed E-state index contributed by atoms with van der Waals surface area (Å²) in [5.74, 6) is -0.919. The fraction of sp³-hybridized carbons (Fsp3) is 0.333. The van der Waals surface area contributed by atoms with Crippen molar-refractivity contribution in [1.29, 1.82) is 0 Å². The predicted octanol–water partition coefficient (Wildman–Crippen LogP) is 3.50. The molecule has 0 heterocycles. The van der Waals surface area contributed by atoms with Crippen molar-refractivity contribution >= 4 is 19.5 Å². The van der Waals surface area contributed by atoms with Gasteiger partial charge in [0.2, 0.25) is 0 Å². The Morgan fingerprint density at radius 3 is 2.00 bits per heavy atom. The molecule has 8 heteroatoms. The van der Waals surface area contributed by atoms with Gasteiger partial charge in [-0.1, -0.05) is 42.0 Å². The van der Waals surface area contributed by atoms with Crippen molar-refractivity contribution in [2.24, 2.45) is 0 Å². The average molecular weight is 419 g/mol. The number of hydrogen-bond acceptors (Lipinski definition) is 6. The minimum Gasteiger partial charge on any atom is -0.467 e. The van der Waals surface area contributed by atoms with E-state index in [1.165, 1.54) is 21.3 Å². The topological polar surface area (TPSA) is 90.9 Å². The quantitative estimate of drug-likeness (QED) is 0.494. The lowest BCUT2D eigenvalue weighted by Crippen LogP contribution is -2.43. The second kappa shape index (κ2) is 10.3. The number of aryl methyl sites for hydroxylation is 1. The number of amides is 1. The summed E-state index contributed by atoms with van der Waals surface area (Å²) >= 11 is 0. The number of ether oxygens (including phenoxy) is 1. The molecule has 1 atom stereocenters. The summed E-state index contributed by atoms with van der Waals surface area (Å²) in [5, 5.41) is 2.72. The number of rotatable bonds is 9. The van der Waals surface area contributed by atoms with Crippen LogP contribution in [-0.2, 0) is 35.7 Å². The third-order valence-corrected chi connectivity index (χ3v) is 6.37. The van der Waals surface area contributed by atoms with Crippen molar-refractivity contribution < 1.29 is 27.9 Å². The normalized spacial score (nSPS) is 12.3. The molecule has 29 heavy (non-hydrogen) atoms. The maximum atomic E-state index is 12.6. The molecule has 1 amide bonds. The zero-order valence-corrected chi connectivity index (χ0v) is 17.9. The molecule has 0 saturated heterocycles. The number of esters is 1. The van der Waals surface area contributed by atoms with Crippen LogP contribution in [0.1, 0.15) is 27.0 Å². The maximum absolute atomic E-state index is 12.6. The fourth-order valence-electron chi connectivity index (χ4n) is 2.73. The van der Waals surface area contributed by atoms with Crippen LogP contribution in [0.25, 0.3) is 0 Å². The molecule has 0 radical (unpaired) electrons. The summed E-state index contributed by atoms with van der Waals surface area (Å²) in [6.45, 7) is 1.98. The van der Waals surface area contributed by atoms with E-state index < -0.39 is 25.5 Å². The first-order valence-corrected chi connectivity index (χ1v) is 10.8. The number of carbonyl (C=O) groups excluding carboxylic acids is 2. The van der Waals surface area contributed by atoms with Crippen LogP contribution in [0, 0.1) is 6.92 Å². The van der Waals surface area contributed by atoms with E-state index in [-0.39, 0.29) is 6.16 Å². The van der Waals surface area contributed by atoms with Crippen LogP contribution in [0.3, 0.4) is 0 Å². The first-order valence-electron chi connectivity index (χ1n) is 9.04. The Kier molecular flexibility index (Phi) is 8.14. The Labute approximate surface area is 170 Å². The van der Waals surface area contributed by atoms with Gasteiger partial charge in [-0.15, -0.1) is 0 Å². The van der Waals surface area contributed by atoms with E-state index in [1.807, 2.05) is 31.2 Å². The van der Waals surface area contributed by atoms with Gasteiger partial charge in [-0.3, -0.25) is 9.36 Å². The molecule has 2 aromatic rings. The standard InChI is InChI=1S/C21H26NO6P/c1-15-5-7-16(8-6-15)13-19(21(24)26-2)22-20(23)18-11-9-17(10-12-18)14-29(25,27-3)28-4/h5-12,19H,13-14H2,1-4H3,(H,22,23)/t19-/m0/s1. The molecule has 2 aromatic carbocycles. The van der Waals surface area contributed by atoms with Crippen LogP contribution >= 0.6 is 7.60 Å². The lowest BCUT2D eigenvalue weighted by Gasteiger charge is -2.17. The van der Waals surface area contributed by atoms with Crippen molar-refractivity contribution in [2.75, 3.05) is 21.3 Å². The van der Waals surface area contributed by atoms with Crippen LogP contribution in [0.5, 0.6) is 0 Å². The van der Waals surface area contributed by atoms with Crippen molar-refractivity contribution in [3.63, 3.8) is 0 Å². The minimum atomic E-state index is -3.19. The SMILES string of the molecule is COC(=O)[C@H](Cc1ccc(C)cc1)NC(=O)c1ccc(CP(=O)(OC)OC)cc1. The first-order chi connectivity index (χ1) is 13.8. The lowest BCUT2D eigenvalue weighted by atomic mass is 10.0. The van der Waals surface area contributed by atoms with Gasteiger partial charge >= 0.3 is 13.6 Å². The molecule has 0 saturated carbocycles. The Morgan fingerprint density at radius 2 is 1.48 bits per heavy atom. The number of benzene rings is 2. The van der Waals surface area contributed by atoms with E-state index in [4.69, 9.17) is 13.8 Å². The molecule has 0 bridgehead atoms. The third-order valence-electron chi connectivity index (χ3n) is 4.50. The Balaban J connectivity index is 2.09. The van der Waals surface area contributed by atoms with Crippen LogP contribution in [0.2, 0.25) is 0 Å².